The van der Waals surface area contributed by atoms with E-state index in [0.29, 0.717) is 11.1 Å². The number of hydrogen-bond donors (Lipinski definition) is 1. The van der Waals surface area contributed by atoms with Gasteiger partial charge < -0.3 is 10.5 Å². The quantitative estimate of drug-likeness (QED) is 0.405. The first-order chi connectivity index (χ1) is 13.7. The number of fused-ring (bicyclic) bond motifs is 2. The minimum absolute atomic E-state index is 0.348. The third-order valence-electron chi connectivity index (χ3n) is 4.34. The molecule has 0 atom stereocenters. The number of esters is 1. The Hall–Kier alpha value is -2.72. The third kappa shape index (κ3) is 4.18. The van der Waals surface area contributed by atoms with Crippen LogP contribution in [0.1, 0.15) is 20.7 Å². The van der Waals surface area contributed by atoms with Crippen LogP contribution in [0.15, 0.2) is 45.6 Å². The first-order valence-corrected chi connectivity index (χ1v) is 9.92. The van der Waals surface area contributed by atoms with E-state index in [4.69, 9.17) is 5.73 Å². The fourth-order valence-corrected chi connectivity index (χ4v) is 3.89. The van der Waals surface area contributed by atoms with E-state index in [1.54, 1.807) is 46.0 Å². The summed E-state index contributed by atoms with van der Waals surface area (Å²) in [7, 11) is 5.01. The lowest BCUT2D eigenvalue weighted by Crippen LogP contribution is -2.10. The maximum Gasteiger partial charge on any atom is 0.337 e. The summed E-state index contributed by atoms with van der Waals surface area (Å²) in [4.78, 5) is 22.4. The average molecular weight is 523 g/mol. The highest BCUT2D eigenvalue weighted by Gasteiger charge is 2.11. The second-order valence-electron chi connectivity index (χ2n) is 6.17. The van der Waals surface area contributed by atoms with Crippen LogP contribution in [0.3, 0.4) is 0 Å². The van der Waals surface area contributed by atoms with Gasteiger partial charge in [0.25, 0.3) is 0 Å². The van der Waals surface area contributed by atoms with Gasteiger partial charge in [-0.3, -0.25) is 14.2 Å². The Bertz CT molecular complexity index is 1250. The Labute approximate surface area is 182 Å². The van der Waals surface area contributed by atoms with Crippen LogP contribution in [0.25, 0.3) is 21.8 Å². The van der Waals surface area contributed by atoms with Crippen molar-refractivity contribution in [3.05, 3.63) is 56.7 Å². The Balaban J connectivity index is 0.000000166. The van der Waals surface area contributed by atoms with Crippen LogP contribution in [0, 0.1) is 0 Å². The molecule has 4 rings (SSSR count). The zero-order chi connectivity index (χ0) is 21.3. The second-order valence-corrected chi connectivity index (χ2v) is 7.88. The monoisotopic (exact) mass is 521 g/mol. The van der Waals surface area contributed by atoms with Gasteiger partial charge in [-0.15, -0.1) is 0 Å². The molecule has 2 aromatic carbocycles. The van der Waals surface area contributed by atoms with E-state index in [1.165, 1.54) is 7.11 Å². The summed E-state index contributed by atoms with van der Waals surface area (Å²) in [5.41, 5.74) is 7.97. The minimum Gasteiger partial charge on any atom is -0.465 e. The number of aryl methyl sites for hydroxylation is 2. The number of methoxy groups -OCH3 is 1. The van der Waals surface area contributed by atoms with Crippen molar-refractivity contribution in [3.8, 4) is 0 Å². The molecule has 0 radical (unpaired) electrons. The van der Waals surface area contributed by atoms with E-state index in [2.05, 4.69) is 46.8 Å². The van der Waals surface area contributed by atoms with E-state index in [-0.39, 0.29) is 5.97 Å². The van der Waals surface area contributed by atoms with Crippen LogP contribution in [0.2, 0.25) is 0 Å². The van der Waals surface area contributed by atoms with Crippen molar-refractivity contribution in [2.75, 3.05) is 7.11 Å². The highest BCUT2D eigenvalue weighted by molar-refractivity contribution is 9.11. The predicted octanol–water partition coefficient (Wildman–Crippen LogP) is 3.56. The number of aromatic nitrogens is 4. The van der Waals surface area contributed by atoms with E-state index in [9.17, 15) is 9.59 Å². The fraction of sp³-hybridized carbons (Fsp3) is 0.158. The Morgan fingerprint density at radius 2 is 1.34 bits per heavy atom. The van der Waals surface area contributed by atoms with E-state index in [1.807, 2.05) is 14.1 Å². The normalized spacial score (nSPS) is 10.7. The zero-order valence-electron chi connectivity index (χ0n) is 15.8. The lowest BCUT2D eigenvalue weighted by molar-refractivity contribution is 0.0600. The smallest absolute Gasteiger partial charge is 0.337 e. The molecule has 0 aliphatic heterocycles. The van der Waals surface area contributed by atoms with Crippen molar-refractivity contribution in [3.63, 3.8) is 0 Å². The fourth-order valence-electron chi connectivity index (χ4n) is 2.79. The van der Waals surface area contributed by atoms with Crippen molar-refractivity contribution in [1.29, 1.82) is 0 Å². The number of carbonyl (C=O) groups excluding carboxylic acids is 2. The van der Waals surface area contributed by atoms with Crippen LogP contribution in [-0.2, 0) is 18.8 Å². The number of halogens is 2. The van der Waals surface area contributed by atoms with Crippen LogP contribution in [0.5, 0.6) is 0 Å². The molecule has 0 fully saturated rings. The van der Waals surface area contributed by atoms with Crippen LogP contribution < -0.4 is 5.73 Å². The van der Waals surface area contributed by atoms with Crippen molar-refractivity contribution in [2.24, 2.45) is 19.8 Å². The molecular weight excluding hydrogens is 506 g/mol. The Morgan fingerprint density at radius 3 is 1.79 bits per heavy atom. The largest absolute Gasteiger partial charge is 0.465 e. The molecule has 0 aliphatic carbocycles. The van der Waals surface area contributed by atoms with E-state index in [0.717, 1.165) is 30.8 Å². The SMILES string of the molecule is COC(=O)c1cc(Br)c2cnn(C)c2c1.Cn1ncc2c(Br)cc(C(N)=O)cc21. The minimum atomic E-state index is -0.436. The molecule has 8 nitrogen and oxygen atoms in total. The van der Waals surface area contributed by atoms with E-state index < -0.39 is 5.91 Å². The summed E-state index contributed by atoms with van der Waals surface area (Å²) in [5.74, 6) is -0.785. The maximum atomic E-state index is 11.4. The van der Waals surface area contributed by atoms with Gasteiger partial charge in [0, 0.05) is 39.4 Å². The molecule has 0 aliphatic rings. The zero-order valence-corrected chi connectivity index (χ0v) is 19.0. The topological polar surface area (TPSA) is 105 Å². The summed E-state index contributed by atoms with van der Waals surface area (Å²) in [6.07, 6.45) is 3.49. The number of rotatable bonds is 2. The molecule has 2 aromatic heterocycles. The molecule has 0 bridgehead atoms. The van der Waals surface area contributed by atoms with Gasteiger partial charge in [-0.2, -0.15) is 10.2 Å². The molecule has 2 heterocycles. The summed E-state index contributed by atoms with van der Waals surface area (Å²) >= 11 is 6.77. The number of nitrogens with two attached hydrogens (primary N) is 1. The molecule has 0 spiro atoms. The average Bonchev–Trinajstić information content (AvgIpc) is 3.25. The van der Waals surface area contributed by atoms with E-state index >= 15 is 0 Å². The number of primary amides is 1. The molecule has 4 aromatic rings. The standard InChI is InChI=1S/C10H9BrN2O2.C9H8BrN3O/c1-13-9-4-6(10(14)15-2)3-8(11)7(9)5-12-13;1-13-8-3-5(9(11)14)2-7(10)6(8)4-12-13/h3-5H,1-2H3;2-4H,1H3,(H2,11,14). The highest BCUT2D eigenvalue weighted by atomic mass is 79.9. The molecule has 29 heavy (non-hydrogen) atoms. The van der Waals surface area contributed by atoms with Gasteiger partial charge in [0.1, 0.15) is 0 Å². The summed E-state index contributed by atoms with van der Waals surface area (Å²) in [6.45, 7) is 0. The maximum absolute atomic E-state index is 11.4. The Morgan fingerprint density at radius 1 is 0.897 bits per heavy atom. The molecule has 0 unspecified atom stereocenters. The van der Waals surface area contributed by atoms with Gasteiger partial charge in [-0.05, 0) is 24.3 Å². The van der Waals surface area contributed by atoms with Gasteiger partial charge in [0.05, 0.1) is 36.1 Å². The lowest BCUT2D eigenvalue weighted by atomic mass is 10.1. The highest BCUT2D eigenvalue weighted by Crippen LogP contribution is 2.26. The number of ether oxygens (including phenoxy) is 1. The van der Waals surface area contributed by atoms with Crippen LogP contribution in [-0.4, -0.2) is 38.5 Å². The van der Waals surface area contributed by atoms with Crippen molar-refractivity contribution >= 4 is 65.5 Å². The Kier molecular flexibility index (Phi) is 6.04. The number of nitrogens with zero attached hydrogens (tertiary/aromatic N) is 4. The third-order valence-corrected chi connectivity index (χ3v) is 5.65. The van der Waals surface area contributed by atoms with Gasteiger partial charge in [0.2, 0.25) is 5.91 Å². The van der Waals surface area contributed by atoms with Crippen LogP contribution in [0.4, 0.5) is 0 Å². The summed E-state index contributed by atoms with van der Waals surface area (Å²) in [6, 6.07) is 6.93. The van der Waals surface area contributed by atoms with Gasteiger partial charge in [-0.25, -0.2) is 4.79 Å². The van der Waals surface area contributed by atoms with Gasteiger partial charge in [-0.1, -0.05) is 31.9 Å². The first-order valence-electron chi connectivity index (χ1n) is 8.33. The number of benzene rings is 2. The molecule has 10 heteroatoms. The molecule has 0 saturated carbocycles. The van der Waals surface area contributed by atoms with Gasteiger partial charge in [0.15, 0.2) is 0 Å². The summed E-state index contributed by atoms with van der Waals surface area (Å²) < 4.78 is 9.75. The van der Waals surface area contributed by atoms with Crippen LogP contribution >= 0.6 is 31.9 Å². The molecule has 2 N–H and O–H groups in total. The molecule has 1 amide bonds. The number of hydrogen-bond acceptors (Lipinski definition) is 5. The molecule has 150 valence electrons. The predicted molar refractivity (Wildman–Crippen MR) is 117 cm³/mol. The summed E-state index contributed by atoms with van der Waals surface area (Å²) in [5, 5.41) is 10.2. The number of carbonyl (C=O) groups is 2. The lowest BCUT2D eigenvalue weighted by Gasteiger charge is -2.02. The van der Waals surface area contributed by atoms with Crippen molar-refractivity contribution in [1.82, 2.24) is 19.6 Å². The first kappa shape index (κ1) is 21.0. The second kappa shape index (κ2) is 8.34. The molecular formula is C19H17Br2N5O3. The molecule has 0 saturated heterocycles. The van der Waals surface area contributed by atoms with Crippen molar-refractivity contribution in [2.45, 2.75) is 0 Å². The van der Waals surface area contributed by atoms with Gasteiger partial charge >= 0.3 is 5.97 Å². The van der Waals surface area contributed by atoms with Crippen molar-refractivity contribution < 1.29 is 14.3 Å². The number of amides is 1.